The number of aromatic nitrogens is 2. The van der Waals surface area contributed by atoms with Gasteiger partial charge in [-0.25, -0.2) is 0 Å². The van der Waals surface area contributed by atoms with Crippen LogP contribution < -0.4 is 10.1 Å². The highest BCUT2D eigenvalue weighted by atomic mass is 35.5. The van der Waals surface area contributed by atoms with E-state index in [1.807, 2.05) is 85.8 Å². The molecule has 1 amide bonds. The second-order valence-corrected chi connectivity index (χ2v) is 9.36. The molecule has 0 bridgehead atoms. The number of rotatable bonds is 9. The van der Waals surface area contributed by atoms with E-state index in [9.17, 15) is 9.59 Å². The minimum atomic E-state index is -0.531. The third-order valence-electron chi connectivity index (χ3n) is 6.03. The lowest BCUT2D eigenvalue weighted by atomic mass is 10.1. The van der Waals surface area contributed by atoms with Gasteiger partial charge in [-0.15, -0.1) is 10.2 Å². The molecule has 1 heterocycles. The molecule has 204 valence electrons. The first-order chi connectivity index (χ1) is 20.0. The van der Waals surface area contributed by atoms with Crippen molar-refractivity contribution in [2.75, 3.05) is 11.9 Å². The fraction of sp³-hybridized carbons (Fsp3) is 0.0938. The Balaban J connectivity index is 1.60. The first kappa shape index (κ1) is 27.5. The molecule has 5 aromatic rings. The lowest BCUT2D eigenvalue weighted by Crippen LogP contribution is -2.22. The van der Waals surface area contributed by atoms with E-state index in [1.165, 1.54) is 4.68 Å². The standard InChI is InChI=1S/C32H26ClN5O3/c1-2-41-27-19-10-9-18-26(27)35-36-31-30(22-12-5-3-6-13-22)37-38(32(31)23-14-7-4-8-15-23)29(40)21-28(39)34-25-17-11-16-24(33)20-25/h3-20H,2,21H2,1H3,(H,34,39). The van der Waals surface area contributed by atoms with Gasteiger partial charge < -0.3 is 10.1 Å². The van der Waals surface area contributed by atoms with Gasteiger partial charge in [-0.05, 0) is 37.3 Å². The lowest BCUT2D eigenvalue weighted by molar-refractivity contribution is -0.115. The van der Waals surface area contributed by atoms with E-state index >= 15 is 0 Å². The Morgan fingerprint density at radius 1 is 0.854 bits per heavy atom. The number of para-hydroxylation sites is 1. The average molecular weight is 564 g/mol. The topological polar surface area (TPSA) is 97.9 Å². The van der Waals surface area contributed by atoms with Crippen molar-refractivity contribution in [1.29, 1.82) is 0 Å². The van der Waals surface area contributed by atoms with Gasteiger partial charge in [-0.3, -0.25) is 9.59 Å². The highest BCUT2D eigenvalue weighted by molar-refractivity contribution is 6.30. The number of nitrogens with one attached hydrogen (secondary N) is 1. The summed E-state index contributed by atoms with van der Waals surface area (Å²) in [5, 5.41) is 17.0. The molecule has 0 saturated carbocycles. The van der Waals surface area contributed by atoms with Gasteiger partial charge in [-0.1, -0.05) is 90.5 Å². The zero-order chi connectivity index (χ0) is 28.6. The Labute approximate surface area is 242 Å². The van der Waals surface area contributed by atoms with Crippen LogP contribution >= 0.6 is 11.6 Å². The molecule has 0 saturated heterocycles. The van der Waals surface area contributed by atoms with Gasteiger partial charge in [0.2, 0.25) is 5.91 Å². The summed E-state index contributed by atoms with van der Waals surface area (Å²) in [6, 6.07) is 32.8. The number of ether oxygens (including phenoxy) is 1. The number of hydrogen-bond donors (Lipinski definition) is 1. The molecule has 8 nitrogen and oxygen atoms in total. The third-order valence-corrected chi connectivity index (χ3v) is 6.27. The zero-order valence-electron chi connectivity index (χ0n) is 22.2. The summed E-state index contributed by atoms with van der Waals surface area (Å²) in [7, 11) is 0. The minimum absolute atomic E-state index is 0.386. The summed E-state index contributed by atoms with van der Waals surface area (Å²) >= 11 is 6.04. The summed E-state index contributed by atoms with van der Waals surface area (Å²) in [6.45, 7) is 2.37. The normalized spacial score (nSPS) is 11.0. The maximum absolute atomic E-state index is 13.6. The predicted molar refractivity (Wildman–Crippen MR) is 160 cm³/mol. The van der Waals surface area contributed by atoms with Crippen LogP contribution in [-0.2, 0) is 4.79 Å². The van der Waals surface area contributed by atoms with E-state index < -0.39 is 18.2 Å². The van der Waals surface area contributed by atoms with Crippen molar-refractivity contribution in [3.8, 4) is 28.3 Å². The number of anilines is 1. The van der Waals surface area contributed by atoms with Crippen molar-refractivity contribution in [2.45, 2.75) is 13.3 Å². The summed E-state index contributed by atoms with van der Waals surface area (Å²) in [5.74, 6) is -0.444. The fourth-order valence-corrected chi connectivity index (χ4v) is 4.43. The Morgan fingerprint density at radius 2 is 1.54 bits per heavy atom. The first-order valence-corrected chi connectivity index (χ1v) is 13.4. The maximum Gasteiger partial charge on any atom is 0.256 e. The Morgan fingerprint density at radius 3 is 2.24 bits per heavy atom. The Bertz CT molecular complexity index is 1700. The number of halogens is 1. The molecular formula is C32H26ClN5O3. The quantitative estimate of drug-likeness (QED) is 0.144. The van der Waals surface area contributed by atoms with Gasteiger partial charge in [-0.2, -0.15) is 9.78 Å². The van der Waals surface area contributed by atoms with Gasteiger partial charge in [0.05, 0.1) is 6.61 Å². The molecule has 0 spiro atoms. The van der Waals surface area contributed by atoms with E-state index in [1.54, 1.807) is 30.3 Å². The van der Waals surface area contributed by atoms with Crippen LogP contribution in [0.15, 0.2) is 119 Å². The van der Waals surface area contributed by atoms with Crippen molar-refractivity contribution >= 4 is 40.5 Å². The van der Waals surface area contributed by atoms with Gasteiger partial charge in [0.1, 0.15) is 34.9 Å². The zero-order valence-corrected chi connectivity index (χ0v) is 23.0. The number of carbonyl (C=O) groups is 2. The van der Waals surface area contributed by atoms with Crippen molar-refractivity contribution in [1.82, 2.24) is 9.78 Å². The Kier molecular flexibility index (Phi) is 8.61. The van der Waals surface area contributed by atoms with Crippen LogP contribution in [0.1, 0.15) is 18.1 Å². The van der Waals surface area contributed by atoms with E-state index in [-0.39, 0.29) is 0 Å². The van der Waals surface area contributed by atoms with E-state index in [2.05, 4.69) is 20.6 Å². The molecule has 0 radical (unpaired) electrons. The number of benzene rings is 4. The van der Waals surface area contributed by atoms with Crippen LogP contribution in [-0.4, -0.2) is 28.2 Å². The van der Waals surface area contributed by atoms with Crippen LogP contribution in [0.2, 0.25) is 5.02 Å². The number of nitrogens with zero attached hydrogens (tertiary/aromatic N) is 4. The molecule has 1 N–H and O–H groups in total. The van der Waals surface area contributed by atoms with E-state index in [4.69, 9.17) is 16.3 Å². The highest BCUT2D eigenvalue weighted by Crippen LogP contribution is 2.41. The molecule has 41 heavy (non-hydrogen) atoms. The first-order valence-electron chi connectivity index (χ1n) is 13.0. The molecule has 0 aliphatic rings. The number of hydrogen-bond acceptors (Lipinski definition) is 6. The predicted octanol–water partition coefficient (Wildman–Crippen LogP) is 8.35. The van der Waals surface area contributed by atoms with Gasteiger partial charge in [0, 0.05) is 21.8 Å². The third kappa shape index (κ3) is 6.57. The van der Waals surface area contributed by atoms with Crippen molar-refractivity contribution < 1.29 is 14.3 Å². The average Bonchev–Trinajstić information content (AvgIpc) is 3.37. The molecule has 0 fully saturated rings. The summed E-state index contributed by atoms with van der Waals surface area (Å²) < 4.78 is 6.95. The van der Waals surface area contributed by atoms with Crippen LogP contribution in [0.25, 0.3) is 22.5 Å². The second-order valence-electron chi connectivity index (χ2n) is 8.92. The van der Waals surface area contributed by atoms with Gasteiger partial charge in [0.15, 0.2) is 0 Å². The fourth-order valence-electron chi connectivity index (χ4n) is 4.24. The molecule has 4 aromatic carbocycles. The minimum Gasteiger partial charge on any atom is -0.492 e. The number of amides is 1. The molecule has 5 rings (SSSR count). The van der Waals surface area contributed by atoms with Crippen molar-refractivity contribution in [3.63, 3.8) is 0 Å². The molecule has 0 unspecified atom stereocenters. The van der Waals surface area contributed by atoms with E-state index in [0.717, 1.165) is 5.56 Å². The van der Waals surface area contributed by atoms with Crippen LogP contribution in [0, 0.1) is 0 Å². The van der Waals surface area contributed by atoms with Crippen LogP contribution in [0.4, 0.5) is 17.1 Å². The largest absolute Gasteiger partial charge is 0.492 e. The second kappa shape index (κ2) is 12.8. The molecule has 0 aliphatic carbocycles. The monoisotopic (exact) mass is 563 g/mol. The number of carbonyl (C=O) groups excluding carboxylic acids is 2. The van der Waals surface area contributed by atoms with Crippen LogP contribution in [0.3, 0.4) is 0 Å². The summed E-state index contributed by atoms with van der Waals surface area (Å²) in [4.78, 5) is 26.5. The smallest absolute Gasteiger partial charge is 0.256 e. The van der Waals surface area contributed by atoms with Gasteiger partial charge in [0.25, 0.3) is 5.91 Å². The lowest BCUT2D eigenvalue weighted by Gasteiger charge is -2.08. The van der Waals surface area contributed by atoms with E-state index in [0.29, 0.717) is 51.4 Å². The number of azo groups is 1. The molecule has 9 heteroatoms. The van der Waals surface area contributed by atoms with Gasteiger partial charge >= 0.3 is 0 Å². The van der Waals surface area contributed by atoms with Crippen LogP contribution in [0.5, 0.6) is 5.75 Å². The molecule has 1 aromatic heterocycles. The van der Waals surface area contributed by atoms with Crippen molar-refractivity contribution in [3.05, 3.63) is 114 Å². The SMILES string of the molecule is CCOc1ccccc1N=Nc1c(-c2ccccc2)nn(C(=O)CC(=O)Nc2cccc(Cl)c2)c1-c1ccccc1. The maximum atomic E-state index is 13.6. The molecule has 0 aliphatic heterocycles. The molecular weight excluding hydrogens is 538 g/mol. The Hall–Kier alpha value is -5.08. The highest BCUT2D eigenvalue weighted by Gasteiger charge is 2.26. The molecule has 0 atom stereocenters. The van der Waals surface area contributed by atoms with Crippen molar-refractivity contribution in [2.24, 2.45) is 10.2 Å². The summed E-state index contributed by atoms with van der Waals surface area (Å²) in [6.07, 6.45) is -0.452. The summed E-state index contributed by atoms with van der Waals surface area (Å²) in [5.41, 5.74) is 3.72.